The molecule has 90 valence electrons. The maximum atomic E-state index is 11.0. The van der Waals surface area contributed by atoms with Gasteiger partial charge in [-0.1, -0.05) is 20.8 Å². The number of carbonyl (C=O) groups is 1. The van der Waals surface area contributed by atoms with Gasteiger partial charge >= 0.3 is 0 Å². The minimum atomic E-state index is -0.00808. The van der Waals surface area contributed by atoms with Crippen molar-refractivity contribution >= 4 is 17.2 Å². The van der Waals surface area contributed by atoms with Crippen LogP contribution in [-0.4, -0.2) is 24.5 Å². The number of nitrogens with zero attached hydrogens (tertiary/aromatic N) is 1. The molecule has 2 N–H and O–H groups in total. The van der Waals surface area contributed by atoms with Gasteiger partial charge in [0.05, 0.1) is 17.2 Å². The highest BCUT2D eigenvalue weighted by molar-refractivity contribution is 7.09. The van der Waals surface area contributed by atoms with E-state index < -0.39 is 0 Å². The summed E-state index contributed by atoms with van der Waals surface area (Å²) in [5.74, 6) is -0.00808. The zero-order chi connectivity index (χ0) is 12.2. The van der Waals surface area contributed by atoms with E-state index in [0.29, 0.717) is 13.1 Å². The minimum absolute atomic E-state index is 0.00808. The monoisotopic (exact) mass is 241 g/mol. The van der Waals surface area contributed by atoms with Crippen LogP contribution in [-0.2, 0) is 16.8 Å². The van der Waals surface area contributed by atoms with Gasteiger partial charge in [0.25, 0.3) is 0 Å². The molecule has 0 aliphatic rings. The van der Waals surface area contributed by atoms with E-state index in [4.69, 9.17) is 0 Å². The molecule has 5 heteroatoms. The third-order valence-corrected chi connectivity index (χ3v) is 3.38. The number of thiazole rings is 1. The van der Waals surface area contributed by atoms with E-state index >= 15 is 0 Å². The Kier molecular flexibility index (Phi) is 4.44. The highest BCUT2D eigenvalue weighted by Gasteiger charge is 2.17. The SMILES string of the molecule is CNC(=O)CNCc1csc(C(C)(C)C)n1. The summed E-state index contributed by atoms with van der Waals surface area (Å²) in [7, 11) is 1.63. The second-order valence-corrected chi connectivity index (χ2v) is 5.53. The topological polar surface area (TPSA) is 54.0 Å². The maximum Gasteiger partial charge on any atom is 0.233 e. The van der Waals surface area contributed by atoms with E-state index in [0.717, 1.165) is 10.7 Å². The smallest absolute Gasteiger partial charge is 0.233 e. The normalized spacial score (nSPS) is 11.5. The van der Waals surface area contributed by atoms with Crippen molar-refractivity contribution in [2.24, 2.45) is 0 Å². The Bertz CT molecular complexity index is 354. The first-order valence-corrected chi connectivity index (χ1v) is 6.17. The third kappa shape index (κ3) is 3.90. The van der Waals surface area contributed by atoms with Crippen LogP contribution < -0.4 is 10.6 Å². The zero-order valence-electron chi connectivity index (χ0n) is 10.3. The fraction of sp³-hybridized carbons (Fsp3) is 0.636. The molecule has 0 aliphatic carbocycles. The predicted octanol–water partition coefficient (Wildman–Crippen LogP) is 1.28. The van der Waals surface area contributed by atoms with E-state index in [1.807, 2.05) is 5.38 Å². The Morgan fingerprint density at radius 2 is 2.19 bits per heavy atom. The first-order valence-electron chi connectivity index (χ1n) is 5.29. The van der Waals surface area contributed by atoms with Gasteiger partial charge in [0.15, 0.2) is 0 Å². The molecule has 1 amide bonds. The summed E-state index contributed by atoms with van der Waals surface area (Å²) in [6, 6.07) is 0. The predicted molar refractivity (Wildman–Crippen MR) is 66.6 cm³/mol. The van der Waals surface area contributed by atoms with E-state index in [1.54, 1.807) is 18.4 Å². The van der Waals surface area contributed by atoms with Gasteiger partial charge in [-0.25, -0.2) is 4.98 Å². The molecule has 0 aromatic carbocycles. The molecule has 1 heterocycles. The van der Waals surface area contributed by atoms with Crippen LogP contribution in [0.1, 0.15) is 31.5 Å². The first-order chi connectivity index (χ1) is 7.43. The van der Waals surface area contributed by atoms with E-state index in [1.165, 1.54) is 0 Å². The lowest BCUT2D eigenvalue weighted by molar-refractivity contribution is -0.119. The van der Waals surface area contributed by atoms with Crippen molar-refractivity contribution in [2.45, 2.75) is 32.7 Å². The van der Waals surface area contributed by atoms with E-state index in [2.05, 4.69) is 36.4 Å². The van der Waals surface area contributed by atoms with Crippen molar-refractivity contribution < 1.29 is 4.79 Å². The number of nitrogens with one attached hydrogen (secondary N) is 2. The summed E-state index contributed by atoms with van der Waals surface area (Å²) in [6.07, 6.45) is 0. The summed E-state index contributed by atoms with van der Waals surface area (Å²) < 4.78 is 0. The van der Waals surface area contributed by atoms with Crippen LogP contribution in [0.15, 0.2) is 5.38 Å². The van der Waals surface area contributed by atoms with Crippen LogP contribution in [0.3, 0.4) is 0 Å². The molecular formula is C11H19N3OS. The lowest BCUT2D eigenvalue weighted by Crippen LogP contribution is -2.31. The molecule has 4 nitrogen and oxygen atoms in total. The molecule has 0 unspecified atom stereocenters. The van der Waals surface area contributed by atoms with Gasteiger partial charge in [-0.15, -0.1) is 11.3 Å². The summed E-state index contributed by atoms with van der Waals surface area (Å²) in [6.45, 7) is 7.41. The summed E-state index contributed by atoms with van der Waals surface area (Å²) in [5.41, 5.74) is 1.10. The minimum Gasteiger partial charge on any atom is -0.358 e. The Morgan fingerprint density at radius 1 is 1.50 bits per heavy atom. The number of rotatable bonds is 4. The van der Waals surface area contributed by atoms with Gasteiger partial charge in [0.2, 0.25) is 5.91 Å². The number of hydrogen-bond acceptors (Lipinski definition) is 4. The standard InChI is InChI=1S/C11H19N3OS/c1-11(2,3)10-14-8(7-16-10)5-13-6-9(15)12-4/h7,13H,5-6H2,1-4H3,(H,12,15). The third-order valence-electron chi connectivity index (χ3n) is 2.06. The van der Waals surface area contributed by atoms with Crippen molar-refractivity contribution in [3.63, 3.8) is 0 Å². The van der Waals surface area contributed by atoms with Gasteiger partial charge in [0.1, 0.15) is 0 Å². The van der Waals surface area contributed by atoms with Crippen LogP contribution in [0, 0.1) is 0 Å². The van der Waals surface area contributed by atoms with Gasteiger partial charge < -0.3 is 10.6 Å². The van der Waals surface area contributed by atoms with E-state index in [-0.39, 0.29) is 11.3 Å². The van der Waals surface area contributed by atoms with Crippen molar-refractivity contribution in [3.05, 3.63) is 16.1 Å². The Labute approximate surface area is 100 Å². The molecular weight excluding hydrogens is 222 g/mol. The zero-order valence-corrected chi connectivity index (χ0v) is 11.1. The van der Waals surface area contributed by atoms with Crippen LogP contribution in [0.25, 0.3) is 0 Å². The molecule has 0 radical (unpaired) electrons. The largest absolute Gasteiger partial charge is 0.358 e. The van der Waals surface area contributed by atoms with Gasteiger partial charge in [0, 0.05) is 24.4 Å². The molecule has 0 saturated heterocycles. The molecule has 1 rings (SSSR count). The lowest BCUT2D eigenvalue weighted by atomic mass is 9.98. The summed E-state index contributed by atoms with van der Waals surface area (Å²) in [4.78, 5) is 15.5. The van der Waals surface area contributed by atoms with Crippen molar-refractivity contribution in [2.75, 3.05) is 13.6 Å². The summed E-state index contributed by atoms with van der Waals surface area (Å²) >= 11 is 1.67. The fourth-order valence-corrected chi connectivity index (χ4v) is 2.03. The Morgan fingerprint density at radius 3 is 2.69 bits per heavy atom. The highest BCUT2D eigenvalue weighted by atomic mass is 32.1. The maximum absolute atomic E-state index is 11.0. The highest BCUT2D eigenvalue weighted by Crippen LogP contribution is 2.25. The van der Waals surface area contributed by atoms with Crippen molar-refractivity contribution in [1.29, 1.82) is 0 Å². The van der Waals surface area contributed by atoms with E-state index in [9.17, 15) is 4.79 Å². The van der Waals surface area contributed by atoms with Gasteiger partial charge in [-0.05, 0) is 0 Å². The van der Waals surface area contributed by atoms with Gasteiger partial charge in [-0.3, -0.25) is 4.79 Å². The van der Waals surface area contributed by atoms with Crippen molar-refractivity contribution in [1.82, 2.24) is 15.6 Å². The molecule has 0 spiro atoms. The number of carbonyl (C=O) groups excluding carboxylic acids is 1. The molecule has 1 aromatic heterocycles. The van der Waals surface area contributed by atoms with Crippen LogP contribution in [0.2, 0.25) is 0 Å². The Balaban J connectivity index is 2.44. The fourth-order valence-electron chi connectivity index (χ4n) is 1.13. The van der Waals surface area contributed by atoms with Gasteiger partial charge in [-0.2, -0.15) is 0 Å². The second kappa shape index (κ2) is 5.41. The lowest BCUT2D eigenvalue weighted by Gasteiger charge is -2.13. The number of likely N-dealkylation sites (N-methyl/N-ethyl adjacent to an activating group) is 1. The van der Waals surface area contributed by atoms with Crippen LogP contribution >= 0.6 is 11.3 Å². The molecule has 1 aromatic rings. The first kappa shape index (κ1) is 13.1. The molecule has 0 bridgehead atoms. The Hall–Kier alpha value is -0.940. The molecule has 16 heavy (non-hydrogen) atoms. The average Bonchev–Trinajstić information content (AvgIpc) is 2.65. The summed E-state index contributed by atoms with van der Waals surface area (Å²) in [5, 5.41) is 8.78. The van der Waals surface area contributed by atoms with Crippen LogP contribution in [0.5, 0.6) is 0 Å². The van der Waals surface area contributed by atoms with Crippen molar-refractivity contribution in [3.8, 4) is 0 Å². The molecule has 0 aliphatic heterocycles. The molecule has 0 atom stereocenters. The average molecular weight is 241 g/mol. The second-order valence-electron chi connectivity index (χ2n) is 4.67. The van der Waals surface area contributed by atoms with Crippen LogP contribution in [0.4, 0.5) is 0 Å². The number of aromatic nitrogens is 1. The molecule has 0 saturated carbocycles. The number of hydrogen-bond donors (Lipinski definition) is 2. The quantitative estimate of drug-likeness (QED) is 0.835. The molecule has 0 fully saturated rings. The number of amides is 1.